The number of hydrogen-bond donors (Lipinski definition) is 2. The van der Waals surface area contributed by atoms with E-state index in [0.29, 0.717) is 5.52 Å². The summed E-state index contributed by atoms with van der Waals surface area (Å²) in [6.07, 6.45) is 1.44. The molecule has 0 saturated carbocycles. The molecule has 0 saturated heterocycles. The van der Waals surface area contributed by atoms with Crippen LogP contribution in [0.2, 0.25) is 0 Å². The predicted molar refractivity (Wildman–Crippen MR) is 67.6 cm³/mol. The first-order valence-corrected chi connectivity index (χ1v) is 5.75. The fraction of sp³-hybridized carbons (Fsp3) is 0.167. The molecule has 0 unspecified atom stereocenters. The molecular formula is C12H11N5O2. The maximum atomic E-state index is 12.2. The van der Waals surface area contributed by atoms with Crippen LogP contribution in [0.1, 0.15) is 11.6 Å². The number of fused-ring (bicyclic) bond motifs is 1. The van der Waals surface area contributed by atoms with Crippen molar-refractivity contribution in [3.8, 4) is 0 Å². The molecule has 2 heterocycles. The Balaban J connectivity index is 2.17. The molecule has 7 nitrogen and oxygen atoms in total. The third-order valence-electron chi connectivity index (χ3n) is 2.94. The van der Waals surface area contributed by atoms with E-state index in [9.17, 15) is 9.90 Å². The second-order valence-electron chi connectivity index (χ2n) is 4.08. The summed E-state index contributed by atoms with van der Waals surface area (Å²) in [7, 11) is 0. The number of H-pyrrole nitrogens is 1. The average molecular weight is 257 g/mol. The Labute approximate surface area is 107 Å². The van der Waals surface area contributed by atoms with Crippen LogP contribution in [0.3, 0.4) is 0 Å². The summed E-state index contributed by atoms with van der Waals surface area (Å²) in [5.41, 5.74) is 1.13. The minimum absolute atomic E-state index is 0.238. The average Bonchev–Trinajstić information content (AvgIpc) is 2.93. The Hall–Kier alpha value is -2.54. The van der Waals surface area contributed by atoms with Gasteiger partial charge >= 0.3 is 0 Å². The van der Waals surface area contributed by atoms with Crippen molar-refractivity contribution in [2.75, 3.05) is 6.61 Å². The van der Waals surface area contributed by atoms with Gasteiger partial charge in [-0.2, -0.15) is 9.78 Å². The molecule has 96 valence electrons. The van der Waals surface area contributed by atoms with E-state index in [4.69, 9.17) is 0 Å². The van der Waals surface area contributed by atoms with Gasteiger partial charge in [0.2, 0.25) is 0 Å². The molecule has 1 aromatic carbocycles. The van der Waals surface area contributed by atoms with Crippen molar-refractivity contribution in [1.82, 2.24) is 25.2 Å². The van der Waals surface area contributed by atoms with E-state index in [1.807, 2.05) is 30.3 Å². The molecule has 0 spiro atoms. The van der Waals surface area contributed by atoms with Crippen molar-refractivity contribution in [3.05, 3.63) is 52.4 Å². The number of nitrogens with one attached hydrogen (secondary N) is 1. The van der Waals surface area contributed by atoms with Gasteiger partial charge in [0.05, 0.1) is 12.8 Å². The lowest BCUT2D eigenvalue weighted by Crippen LogP contribution is -2.31. The molecule has 0 radical (unpaired) electrons. The van der Waals surface area contributed by atoms with Gasteiger partial charge in [-0.1, -0.05) is 35.5 Å². The molecule has 1 atom stereocenters. The van der Waals surface area contributed by atoms with Gasteiger partial charge in [0.15, 0.2) is 5.52 Å². The lowest BCUT2D eigenvalue weighted by Gasteiger charge is -2.15. The summed E-state index contributed by atoms with van der Waals surface area (Å²) in [5.74, 6) is 0. The van der Waals surface area contributed by atoms with Gasteiger partial charge in [0, 0.05) is 0 Å². The second kappa shape index (κ2) is 4.62. The Morgan fingerprint density at radius 3 is 2.84 bits per heavy atom. The molecule has 7 heteroatoms. The highest BCUT2D eigenvalue weighted by Crippen LogP contribution is 2.14. The normalized spacial score (nSPS) is 12.7. The lowest BCUT2D eigenvalue weighted by molar-refractivity contribution is 0.234. The maximum Gasteiger partial charge on any atom is 0.296 e. The molecule has 2 aromatic heterocycles. The lowest BCUT2D eigenvalue weighted by atomic mass is 10.1. The monoisotopic (exact) mass is 257 g/mol. The van der Waals surface area contributed by atoms with E-state index < -0.39 is 6.04 Å². The van der Waals surface area contributed by atoms with Crippen molar-refractivity contribution in [2.24, 2.45) is 0 Å². The minimum atomic E-state index is -0.561. The predicted octanol–water partition coefficient (Wildman–Crippen LogP) is 0.0963. The zero-order valence-electron chi connectivity index (χ0n) is 9.89. The largest absolute Gasteiger partial charge is 0.394 e. The number of aliphatic hydroxyl groups excluding tert-OH is 1. The number of aliphatic hydroxyl groups is 1. The first-order valence-electron chi connectivity index (χ1n) is 5.75. The Morgan fingerprint density at radius 2 is 2.11 bits per heavy atom. The number of benzene rings is 1. The fourth-order valence-corrected chi connectivity index (χ4v) is 1.97. The highest BCUT2D eigenvalue weighted by molar-refractivity contribution is 5.70. The summed E-state index contributed by atoms with van der Waals surface area (Å²) in [6, 6.07) is 8.63. The first kappa shape index (κ1) is 11.5. The van der Waals surface area contributed by atoms with Crippen LogP contribution in [0.25, 0.3) is 11.0 Å². The van der Waals surface area contributed by atoms with E-state index in [2.05, 4.69) is 20.5 Å². The summed E-state index contributed by atoms with van der Waals surface area (Å²) < 4.78 is 1.16. The Morgan fingerprint density at radius 1 is 1.32 bits per heavy atom. The highest BCUT2D eigenvalue weighted by Gasteiger charge is 2.17. The molecule has 0 amide bonds. The molecule has 2 N–H and O–H groups in total. The van der Waals surface area contributed by atoms with Crippen LogP contribution in [0.4, 0.5) is 0 Å². The topological polar surface area (TPSA) is 96.7 Å². The van der Waals surface area contributed by atoms with Crippen molar-refractivity contribution in [3.63, 3.8) is 0 Å². The number of hydrogen-bond acceptors (Lipinski definition) is 5. The molecule has 3 rings (SSSR count). The Bertz CT molecular complexity index is 749. The number of aromatic amines is 1. The number of rotatable bonds is 3. The second-order valence-corrected chi connectivity index (χ2v) is 4.08. The molecular weight excluding hydrogens is 246 g/mol. The third-order valence-corrected chi connectivity index (χ3v) is 2.94. The Kier molecular flexibility index (Phi) is 2.81. The van der Waals surface area contributed by atoms with Gasteiger partial charge in [-0.05, 0) is 5.56 Å². The van der Waals surface area contributed by atoms with Crippen LogP contribution in [-0.4, -0.2) is 36.9 Å². The zero-order chi connectivity index (χ0) is 13.2. The van der Waals surface area contributed by atoms with Gasteiger partial charge in [0.25, 0.3) is 5.56 Å². The van der Waals surface area contributed by atoms with Crippen LogP contribution in [-0.2, 0) is 0 Å². The van der Waals surface area contributed by atoms with Crippen LogP contribution in [0.5, 0.6) is 0 Å². The molecule has 0 aliphatic carbocycles. The van der Waals surface area contributed by atoms with Crippen molar-refractivity contribution in [1.29, 1.82) is 0 Å². The van der Waals surface area contributed by atoms with Crippen LogP contribution < -0.4 is 5.56 Å². The van der Waals surface area contributed by atoms with Crippen LogP contribution in [0, 0.1) is 0 Å². The quantitative estimate of drug-likeness (QED) is 0.693. The summed E-state index contributed by atoms with van der Waals surface area (Å²) in [5, 5.41) is 23.6. The summed E-state index contributed by atoms with van der Waals surface area (Å²) >= 11 is 0. The minimum Gasteiger partial charge on any atom is -0.394 e. The van der Waals surface area contributed by atoms with E-state index >= 15 is 0 Å². The summed E-state index contributed by atoms with van der Waals surface area (Å²) in [6.45, 7) is -0.238. The van der Waals surface area contributed by atoms with E-state index in [1.165, 1.54) is 6.20 Å². The van der Waals surface area contributed by atoms with Gasteiger partial charge in [-0.3, -0.25) is 9.89 Å². The number of aromatic nitrogens is 5. The smallest absolute Gasteiger partial charge is 0.296 e. The summed E-state index contributed by atoms with van der Waals surface area (Å²) in [4.78, 5) is 12.2. The highest BCUT2D eigenvalue weighted by atomic mass is 16.3. The first-order chi connectivity index (χ1) is 9.31. The maximum absolute atomic E-state index is 12.2. The SMILES string of the molecule is O=c1c2[nH]ncc2nnn1[C@H](CO)c1ccccc1. The van der Waals surface area contributed by atoms with Gasteiger partial charge in [-0.25, -0.2) is 0 Å². The van der Waals surface area contributed by atoms with Crippen molar-refractivity contribution in [2.45, 2.75) is 6.04 Å². The van der Waals surface area contributed by atoms with Gasteiger partial charge in [-0.15, -0.1) is 5.10 Å². The zero-order valence-corrected chi connectivity index (χ0v) is 9.89. The molecule has 0 aliphatic heterocycles. The molecule has 0 fully saturated rings. The van der Waals surface area contributed by atoms with E-state index in [1.54, 1.807) is 0 Å². The molecule has 3 aromatic rings. The molecule has 0 bridgehead atoms. The van der Waals surface area contributed by atoms with Gasteiger partial charge < -0.3 is 5.11 Å². The molecule has 19 heavy (non-hydrogen) atoms. The fourth-order valence-electron chi connectivity index (χ4n) is 1.97. The number of nitrogens with zero attached hydrogens (tertiary/aromatic N) is 4. The van der Waals surface area contributed by atoms with Crippen molar-refractivity contribution < 1.29 is 5.11 Å². The standard InChI is InChI=1S/C12H11N5O2/c18-7-10(8-4-2-1-3-5-8)17-12(19)11-9(14-16-17)6-13-15-11/h1-6,10,18H,7H2,(H,13,15)/t10-/m1/s1. The van der Waals surface area contributed by atoms with Crippen LogP contribution in [0.15, 0.2) is 41.3 Å². The third kappa shape index (κ3) is 1.89. The van der Waals surface area contributed by atoms with E-state index in [-0.39, 0.29) is 17.7 Å². The van der Waals surface area contributed by atoms with Crippen LogP contribution >= 0.6 is 0 Å². The van der Waals surface area contributed by atoms with E-state index in [0.717, 1.165) is 10.2 Å². The molecule has 0 aliphatic rings. The van der Waals surface area contributed by atoms with Crippen molar-refractivity contribution >= 4 is 11.0 Å². The van der Waals surface area contributed by atoms with Gasteiger partial charge in [0.1, 0.15) is 11.6 Å².